The molecule has 6 nitrogen and oxygen atoms in total. The number of nitrogens with one attached hydrogen (secondary N) is 1. The lowest BCUT2D eigenvalue weighted by molar-refractivity contribution is -0.119. The molecule has 0 fully saturated rings. The Morgan fingerprint density at radius 3 is 2.88 bits per heavy atom. The second-order valence-corrected chi connectivity index (χ2v) is 7.58. The Labute approximate surface area is 157 Å². The lowest BCUT2D eigenvalue weighted by Crippen LogP contribution is -2.42. The Balaban J connectivity index is 1.65. The lowest BCUT2D eigenvalue weighted by Gasteiger charge is -2.27. The molecule has 0 aliphatic carbocycles. The van der Waals surface area contributed by atoms with Crippen molar-refractivity contribution in [2.24, 2.45) is 5.73 Å². The minimum atomic E-state index is -0.671. The third-order valence-corrected chi connectivity index (χ3v) is 5.74. The number of hydrogen-bond donors (Lipinski definition) is 2. The van der Waals surface area contributed by atoms with Gasteiger partial charge in [-0.25, -0.2) is 0 Å². The van der Waals surface area contributed by atoms with Gasteiger partial charge in [0.15, 0.2) is 0 Å². The van der Waals surface area contributed by atoms with Gasteiger partial charge in [-0.2, -0.15) is 0 Å². The van der Waals surface area contributed by atoms with Gasteiger partial charge in [0.05, 0.1) is 11.3 Å². The molecule has 0 saturated carbocycles. The summed E-state index contributed by atoms with van der Waals surface area (Å²) in [5.41, 5.74) is 9.29. The number of nitrogens with two attached hydrogens (primary N) is 1. The summed E-state index contributed by atoms with van der Waals surface area (Å²) in [5.74, 6) is -0.755. The number of primary amides is 1. The van der Waals surface area contributed by atoms with E-state index in [1.54, 1.807) is 18.3 Å². The standard InChI is InChI=1S/C19H24N4O2S/c1-3-13-4-5-14(21-8-13)9-23-7-6-15-16(11-26-17(15)10-23)19(25)22-12(2)18(20)24/h4-5,8,11-12H,3,6-7,9-10H2,1-2H3,(H2,20,24)(H,22,25)/t12-/m1/s1. The van der Waals surface area contributed by atoms with Gasteiger partial charge in [-0.3, -0.25) is 19.5 Å². The number of amides is 2. The van der Waals surface area contributed by atoms with Crippen molar-refractivity contribution in [2.75, 3.05) is 6.54 Å². The molecule has 3 heterocycles. The smallest absolute Gasteiger partial charge is 0.253 e. The fourth-order valence-corrected chi connectivity index (χ4v) is 4.16. The third kappa shape index (κ3) is 4.11. The van der Waals surface area contributed by atoms with Gasteiger partial charge < -0.3 is 11.1 Å². The van der Waals surface area contributed by atoms with Crippen LogP contribution in [-0.4, -0.2) is 34.3 Å². The maximum atomic E-state index is 12.4. The topological polar surface area (TPSA) is 88.3 Å². The zero-order valence-corrected chi connectivity index (χ0v) is 15.9. The van der Waals surface area contributed by atoms with Gasteiger partial charge >= 0.3 is 0 Å². The molecule has 26 heavy (non-hydrogen) atoms. The van der Waals surface area contributed by atoms with Gasteiger partial charge in [-0.05, 0) is 37.0 Å². The van der Waals surface area contributed by atoms with Crippen molar-refractivity contribution in [3.8, 4) is 0 Å². The van der Waals surface area contributed by atoms with Crippen molar-refractivity contribution in [1.82, 2.24) is 15.2 Å². The molecule has 2 aromatic heterocycles. The van der Waals surface area contributed by atoms with Crippen LogP contribution in [0.4, 0.5) is 0 Å². The Hall–Kier alpha value is -2.25. The zero-order chi connectivity index (χ0) is 18.7. The van der Waals surface area contributed by atoms with Crippen LogP contribution in [0.1, 0.15) is 45.9 Å². The van der Waals surface area contributed by atoms with E-state index in [2.05, 4.69) is 34.3 Å². The van der Waals surface area contributed by atoms with E-state index < -0.39 is 11.9 Å². The summed E-state index contributed by atoms with van der Waals surface area (Å²) in [4.78, 5) is 31.6. The van der Waals surface area contributed by atoms with E-state index in [9.17, 15) is 9.59 Å². The molecule has 7 heteroatoms. The van der Waals surface area contributed by atoms with Gasteiger partial charge in [-0.15, -0.1) is 11.3 Å². The Bertz CT molecular complexity index is 800. The number of aromatic nitrogens is 1. The highest BCUT2D eigenvalue weighted by molar-refractivity contribution is 7.10. The lowest BCUT2D eigenvalue weighted by atomic mass is 10.0. The summed E-state index contributed by atoms with van der Waals surface area (Å²) >= 11 is 1.60. The maximum absolute atomic E-state index is 12.4. The normalized spacial score (nSPS) is 15.3. The van der Waals surface area contributed by atoms with Crippen LogP contribution in [0.5, 0.6) is 0 Å². The first-order valence-electron chi connectivity index (χ1n) is 8.83. The van der Waals surface area contributed by atoms with Gasteiger partial charge in [-0.1, -0.05) is 13.0 Å². The molecule has 1 atom stereocenters. The maximum Gasteiger partial charge on any atom is 0.253 e. The van der Waals surface area contributed by atoms with Crippen molar-refractivity contribution >= 4 is 23.2 Å². The fraction of sp³-hybridized carbons (Fsp3) is 0.421. The first-order valence-corrected chi connectivity index (χ1v) is 9.71. The highest BCUT2D eigenvalue weighted by Gasteiger charge is 2.25. The van der Waals surface area contributed by atoms with E-state index in [1.807, 2.05) is 11.6 Å². The van der Waals surface area contributed by atoms with E-state index in [0.717, 1.165) is 43.7 Å². The Kier molecular flexibility index (Phi) is 5.68. The molecule has 0 aromatic carbocycles. The summed E-state index contributed by atoms with van der Waals surface area (Å²) in [7, 11) is 0. The molecule has 2 aromatic rings. The number of rotatable bonds is 6. The fourth-order valence-electron chi connectivity index (χ4n) is 3.04. The summed E-state index contributed by atoms with van der Waals surface area (Å²) in [6.07, 6.45) is 3.76. The first kappa shape index (κ1) is 18.5. The molecular formula is C19H24N4O2S. The number of pyridine rings is 1. The van der Waals surface area contributed by atoms with Crippen LogP contribution in [0.15, 0.2) is 23.7 Å². The molecule has 0 spiro atoms. The van der Waals surface area contributed by atoms with Gasteiger partial charge in [0.25, 0.3) is 5.91 Å². The highest BCUT2D eigenvalue weighted by atomic mass is 32.1. The zero-order valence-electron chi connectivity index (χ0n) is 15.1. The highest BCUT2D eigenvalue weighted by Crippen LogP contribution is 2.29. The Morgan fingerprint density at radius 1 is 1.42 bits per heavy atom. The van der Waals surface area contributed by atoms with Gasteiger partial charge in [0, 0.05) is 36.1 Å². The summed E-state index contributed by atoms with van der Waals surface area (Å²) < 4.78 is 0. The summed E-state index contributed by atoms with van der Waals surface area (Å²) in [6.45, 7) is 6.22. The number of nitrogens with zero attached hydrogens (tertiary/aromatic N) is 2. The molecule has 0 saturated heterocycles. The van der Waals surface area contributed by atoms with Crippen molar-refractivity contribution in [1.29, 1.82) is 0 Å². The molecule has 138 valence electrons. The monoisotopic (exact) mass is 372 g/mol. The minimum Gasteiger partial charge on any atom is -0.368 e. The molecule has 3 N–H and O–H groups in total. The second kappa shape index (κ2) is 7.97. The van der Waals surface area contributed by atoms with Crippen LogP contribution in [0.3, 0.4) is 0 Å². The van der Waals surface area contributed by atoms with Crippen molar-refractivity contribution in [3.05, 3.63) is 51.0 Å². The van der Waals surface area contributed by atoms with Crippen LogP contribution in [0.2, 0.25) is 0 Å². The molecule has 0 bridgehead atoms. The summed E-state index contributed by atoms with van der Waals surface area (Å²) in [5, 5.41) is 4.54. The molecule has 1 aliphatic rings. The predicted octanol–water partition coefficient (Wildman–Crippen LogP) is 1.87. The van der Waals surface area contributed by atoms with Crippen molar-refractivity contribution < 1.29 is 9.59 Å². The second-order valence-electron chi connectivity index (χ2n) is 6.62. The number of hydrogen-bond acceptors (Lipinski definition) is 5. The predicted molar refractivity (Wildman–Crippen MR) is 102 cm³/mol. The van der Waals surface area contributed by atoms with Crippen LogP contribution in [0.25, 0.3) is 0 Å². The molecule has 0 radical (unpaired) electrons. The number of aryl methyl sites for hydroxylation is 1. The Morgan fingerprint density at radius 2 is 2.23 bits per heavy atom. The van der Waals surface area contributed by atoms with Crippen molar-refractivity contribution in [2.45, 2.75) is 45.8 Å². The van der Waals surface area contributed by atoms with Gasteiger partial charge in [0.1, 0.15) is 6.04 Å². The van der Waals surface area contributed by atoms with E-state index in [1.165, 1.54) is 10.4 Å². The number of carbonyl (C=O) groups excluding carboxylic acids is 2. The van der Waals surface area contributed by atoms with Crippen molar-refractivity contribution in [3.63, 3.8) is 0 Å². The van der Waals surface area contributed by atoms with Crippen LogP contribution < -0.4 is 11.1 Å². The molecule has 3 rings (SSSR count). The van der Waals surface area contributed by atoms with Crippen LogP contribution in [0, 0.1) is 0 Å². The largest absolute Gasteiger partial charge is 0.368 e. The first-order chi connectivity index (χ1) is 12.5. The molecular weight excluding hydrogens is 348 g/mol. The average molecular weight is 372 g/mol. The van der Waals surface area contributed by atoms with E-state index in [4.69, 9.17) is 5.73 Å². The van der Waals surface area contributed by atoms with E-state index in [0.29, 0.717) is 5.56 Å². The summed E-state index contributed by atoms with van der Waals surface area (Å²) in [6, 6.07) is 3.55. The number of carbonyl (C=O) groups is 2. The van der Waals surface area contributed by atoms with Gasteiger partial charge in [0.2, 0.25) is 5.91 Å². The van der Waals surface area contributed by atoms with Crippen LogP contribution in [-0.2, 0) is 30.7 Å². The number of thiophene rings is 1. The molecule has 1 aliphatic heterocycles. The molecule has 0 unspecified atom stereocenters. The van der Waals surface area contributed by atoms with E-state index >= 15 is 0 Å². The quantitative estimate of drug-likeness (QED) is 0.810. The van der Waals surface area contributed by atoms with E-state index in [-0.39, 0.29) is 5.91 Å². The minimum absolute atomic E-state index is 0.223. The molecule has 2 amide bonds. The van der Waals surface area contributed by atoms with Crippen LogP contribution >= 0.6 is 11.3 Å². The SMILES string of the molecule is CCc1ccc(CN2CCc3c(C(=O)N[C@H](C)C(N)=O)csc3C2)nc1. The average Bonchev–Trinajstić information content (AvgIpc) is 3.05. The number of fused-ring (bicyclic) bond motifs is 1. The third-order valence-electron chi connectivity index (χ3n) is 4.72.